The van der Waals surface area contributed by atoms with Crippen molar-refractivity contribution in [3.05, 3.63) is 24.5 Å². The quantitative estimate of drug-likeness (QED) is 0.754. The van der Waals surface area contributed by atoms with Crippen LogP contribution in [0.25, 0.3) is 11.5 Å². The second kappa shape index (κ2) is 7.61. The highest BCUT2D eigenvalue weighted by Gasteiger charge is 2.31. The van der Waals surface area contributed by atoms with E-state index in [4.69, 9.17) is 9.15 Å². The molecular formula is C17H23N5O4. The van der Waals surface area contributed by atoms with Crippen LogP contribution in [0.15, 0.2) is 28.9 Å². The molecule has 9 nitrogen and oxygen atoms in total. The number of amides is 2. The van der Waals surface area contributed by atoms with E-state index in [0.29, 0.717) is 23.7 Å². The molecule has 0 radical (unpaired) electrons. The monoisotopic (exact) mass is 361 g/mol. The van der Waals surface area contributed by atoms with Crippen molar-refractivity contribution in [3.63, 3.8) is 0 Å². The molecule has 2 unspecified atom stereocenters. The Labute approximate surface area is 151 Å². The van der Waals surface area contributed by atoms with Crippen LogP contribution in [0.1, 0.15) is 33.5 Å². The lowest BCUT2D eigenvalue weighted by Gasteiger charge is -2.34. The second-order valence-corrected chi connectivity index (χ2v) is 6.37. The van der Waals surface area contributed by atoms with Crippen molar-refractivity contribution in [2.24, 2.45) is 5.92 Å². The van der Waals surface area contributed by atoms with Crippen LogP contribution in [-0.4, -0.2) is 34.4 Å². The zero-order valence-electron chi connectivity index (χ0n) is 15.0. The molecule has 3 heterocycles. The van der Waals surface area contributed by atoms with Gasteiger partial charge in [0, 0.05) is 18.5 Å². The first-order chi connectivity index (χ1) is 12.5. The van der Waals surface area contributed by atoms with E-state index in [9.17, 15) is 9.59 Å². The Morgan fingerprint density at radius 2 is 2.35 bits per heavy atom. The predicted molar refractivity (Wildman–Crippen MR) is 94.1 cm³/mol. The first-order valence-electron chi connectivity index (χ1n) is 8.60. The van der Waals surface area contributed by atoms with Gasteiger partial charge in [0.1, 0.15) is 11.5 Å². The van der Waals surface area contributed by atoms with Gasteiger partial charge in [0.25, 0.3) is 0 Å². The Bertz CT molecular complexity index is 768. The molecule has 140 valence electrons. The zero-order chi connectivity index (χ0) is 18.7. The van der Waals surface area contributed by atoms with Crippen LogP contribution in [-0.2, 0) is 9.53 Å². The van der Waals surface area contributed by atoms with Gasteiger partial charge in [-0.05, 0) is 25.0 Å². The SMILES string of the molecule is CCOC(=O)Nc1cc(-c2ccco2)nn1C1NC(=O)CC(C(C)C)N1. The number of carbonyl (C=O) groups is 2. The maximum Gasteiger partial charge on any atom is 0.412 e. The van der Waals surface area contributed by atoms with Crippen molar-refractivity contribution in [1.82, 2.24) is 20.4 Å². The first-order valence-corrected chi connectivity index (χ1v) is 8.60. The van der Waals surface area contributed by atoms with Crippen molar-refractivity contribution < 1.29 is 18.7 Å². The molecule has 2 aromatic rings. The lowest BCUT2D eigenvalue weighted by Crippen LogP contribution is -2.55. The third kappa shape index (κ3) is 3.88. The lowest BCUT2D eigenvalue weighted by molar-refractivity contribution is -0.126. The minimum Gasteiger partial charge on any atom is -0.463 e. The third-order valence-electron chi connectivity index (χ3n) is 4.14. The third-order valence-corrected chi connectivity index (χ3v) is 4.14. The molecule has 1 aliphatic heterocycles. The average molecular weight is 361 g/mol. The number of hydrogen-bond donors (Lipinski definition) is 3. The number of nitrogens with zero attached hydrogens (tertiary/aromatic N) is 2. The van der Waals surface area contributed by atoms with Crippen LogP contribution in [0.5, 0.6) is 0 Å². The summed E-state index contributed by atoms with van der Waals surface area (Å²) in [5.74, 6) is 1.13. The molecule has 0 aliphatic carbocycles. The van der Waals surface area contributed by atoms with E-state index in [1.165, 1.54) is 4.68 Å². The molecule has 3 N–H and O–H groups in total. The van der Waals surface area contributed by atoms with E-state index < -0.39 is 12.4 Å². The summed E-state index contributed by atoms with van der Waals surface area (Å²) < 4.78 is 11.8. The minimum absolute atomic E-state index is 0.000422. The van der Waals surface area contributed by atoms with E-state index in [-0.39, 0.29) is 24.5 Å². The molecule has 9 heteroatoms. The Balaban J connectivity index is 1.92. The summed E-state index contributed by atoms with van der Waals surface area (Å²) in [7, 11) is 0. The van der Waals surface area contributed by atoms with Gasteiger partial charge in [-0.25, -0.2) is 9.48 Å². The minimum atomic E-state index is -0.595. The molecule has 3 rings (SSSR count). The molecule has 2 amide bonds. The summed E-state index contributed by atoms with van der Waals surface area (Å²) in [6, 6.07) is 5.19. The molecule has 1 saturated heterocycles. The van der Waals surface area contributed by atoms with Crippen LogP contribution >= 0.6 is 0 Å². The van der Waals surface area contributed by atoms with Gasteiger partial charge in [-0.2, -0.15) is 5.10 Å². The van der Waals surface area contributed by atoms with Crippen LogP contribution in [0.3, 0.4) is 0 Å². The summed E-state index contributed by atoms with van der Waals surface area (Å²) >= 11 is 0. The van der Waals surface area contributed by atoms with Crippen molar-refractivity contribution in [2.75, 3.05) is 11.9 Å². The van der Waals surface area contributed by atoms with Gasteiger partial charge in [0.15, 0.2) is 12.0 Å². The summed E-state index contributed by atoms with van der Waals surface area (Å²) in [6.45, 7) is 6.06. The molecule has 0 spiro atoms. The van der Waals surface area contributed by atoms with Crippen molar-refractivity contribution >= 4 is 17.8 Å². The fourth-order valence-electron chi connectivity index (χ4n) is 2.78. The summed E-state index contributed by atoms with van der Waals surface area (Å²) in [4.78, 5) is 24.0. The van der Waals surface area contributed by atoms with Crippen LogP contribution in [0.2, 0.25) is 0 Å². The number of aromatic nitrogens is 2. The molecule has 0 bridgehead atoms. The molecule has 2 atom stereocenters. The van der Waals surface area contributed by atoms with Gasteiger partial charge >= 0.3 is 6.09 Å². The Morgan fingerprint density at radius 3 is 3.00 bits per heavy atom. The Morgan fingerprint density at radius 1 is 1.54 bits per heavy atom. The fourth-order valence-corrected chi connectivity index (χ4v) is 2.78. The van der Waals surface area contributed by atoms with Gasteiger partial charge in [-0.3, -0.25) is 15.4 Å². The highest BCUT2D eigenvalue weighted by molar-refractivity contribution is 5.84. The molecule has 1 aliphatic rings. The average Bonchev–Trinajstić information content (AvgIpc) is 3.23. The highest BCUT2D eigenvalue weighted by atomic mass is 16.5. The van der Waals surface area contributed by atoms with E-state index in [1.54, 1.807) is 31.4 Å². The van der Waals surface area contributed by atoms with Crippen LogP contribution < -0.4 is 16.0 Å². The topological polar surface area (TPSA) is 110 Å². The predicted octanol–water partition coefficient (Wildman–Crippen LogP) is 2.30. The molecule has 1 fully saturated rings. The number of anilines is 1. The molecular weight excluding hydrogens is 338 g/mol. The van der Waals surface area contributed by atoms with Crippen molar-refractivity contribution in [2.45, 2.75) is 39.5 Å². The normalized spacial score (nSPS) is 20.1. The smallest absolute Gasteiger partial charge is 0.412 e. The fraction of sp³-hybridized carbons (Fsp3) is 0.471. The van der Waals surface area contributed by atoms with Gasteiger partial charge in [-0.1, -0.05) is 13.8 Å². The lowest BCUT2D eigenvalue weighted by atomic mass is 9.99. The summed E-state index contributed by atoms with van der Waals surface area (Å²) in [5.41, 5.74) is 0.532. The second-order valence-electron chi connectivity index (χ2n) is 6.37. The maximum atomic E-state index is 12.1. The Hall–Kier alpha value is -2.81. The summed E-state index contributed by atoms with van der Waals surface area (Å²) in [5, 5.41) is 13.3. The number of hydrogen-bond acceptors (Lipinski definition) is 6. The van der Waals surface area contributed by atoms with E-state index >= 15 is 0 Å². The van der Waals surface area contributed by atoms with E-state index in [1.807, 2.05) is 13.8 Å². The van der Waals surface area contributed by atoms with Gasteiger partial charge in [0.2, 0.25) is 5.91 Å². The van der Waals surface area contributed by atoms with Crippen molar-refractivity contribution in [1.29, 1.82) is 0 Å². The van der Waals surface area contributed by atoms with Crippen molar-refractivity contribution in [3.8, 4) is 11.5 Å². The van der Waals surface area contributed by atoms with Crippen LogP contribution in [0, 0.1) is 5.92 Å². The number of ether oxygens (including phenoxy) is 1. The largest absolute Gasteiger partial charge is 0.463 e. The first kappa shape index (κ1) is 18.0. The van der Waals surface area contributed by atoms with Gasteiger partial charge in [0.05, 0.1) is 12.9 Å². The Kier molecular flexibility index (Phi) is 5.27. The molecule has 26 heavy (non-hydrogen) atoms. The maximum absolute atomic E-state index is 12.1. The van der Waals surface area contributed by atoms with E-state index in [2.05, 4.69) is 21.0 Å². The highest BCUT2D eigenvalue weighted by Crippen LogP contribution is 2.25. The number of carbonyl (C=O) groups excluding carboxylic acids is 2. The number of rotatable bonds is 5. The number of nitrogens with one attached hydrogen (secondary N) is 3. The zero-order valence-corrected chi connectivity index (χ0v) is 15.0. The van der Waals surface area contributed by atoms with Crippen LogP contribution in [0.4, 0.5) is 10.6 Å². The standard InChI is InChI=1S/C17H23N5O4/c1-4-25-17(24)19-14-8-12(13-6-5-7-26-13)21-22(14)16-18-11(10(2)3)9-15(23)20-16/h5-8,10-11,16,18H,4,9H2,1-3H3,(H,19,24)(H,20,23). The van der Waals surface area contributed by atoms with Gasteiger partial charge < -0.3 is 14.5 Å². The molecule has 0 saturated carbocycles. The summed E-state index contributed by atoms with van der Waals surface area (Å²) in [6.07, 6.45) is 0.745. The molecule has 2 aromatic heterocycles. The van der Waals surface area contributed by atoms with E-state index in [0.717, 1.165) is 0 Å². The van der Waals surface area contributed by atoms with Gasteiger partial charge in [-0.15, -0.1) is 0 Å². The number of furan rings is 1. The molecule has 0 aromatic carbocycles.